The molecule has 0 fully saturated rings. The number of aliphatic hydroxyl groups excluding tert-OH is 1. The lowest BCUT2D eigenvalue weighted by Crippen LogP contribution is -2.28. The van der Waals surface area contributed by atoms with Gasteiger partial charge in [-0.2, -0.15) is 0 Å². The highest BCUT2D eigenvalue weighted by Crippen LogP contribution is 2.29. The van der Waals surface area contributed by atoms with Gasteiger partial charge in [0.25, 0.3) is 5.91 Å². The largest absolute Gasteiger partial charge is 0.396 e. The Morgan fingerprint density at radius 1 is 1.33 bits per heavy atom. The van der Waals surface area contributed by atoms with E-state index in [4.69, 9.17) is 0 Å². The molecule has 132 valence electrons. The summed E-state index contributed by atoms with van der Waals surface area (Å²) in [7, 11) is 0. The summed E-state index contributed by atoms with van der Waals surface area (Å²) in [5, 5.41) is 12.2. The molecule has 1 aliphatic heterocycles. The van der Waals surface area contributed by atoms with E-state index in [0.29, 0.717) is 25.1 Å². The number of fused-ring (bicyclic) bond motifs is 1. The number of nitrogens with zero attached hydrogens (tertiary/aromatic N) is 1. The molecule has 0 radical (unpaired) electrons. The molecule has 0 saturated heterocycles. The average Bonchev–Trinajstić information content (AvgIpc) is 3.01. The Bertz CT molecular complexity index is 611. The van der Waals surface area contributed by atoms with Crippen LogP contribution in [0.4, 0.5) is 5.69 Å². The predicted molar refractivity (Wildman–Crippen MR) is 95.2 cm³/mol. The highest BCUT2D eigenvalue weighted by molar-refractivity contribution is 5.98. The number of hydrogen-bond donors (Lipinski definition) is 2. The molecule has 0 unspecified atom stereocenters. The van der Waals surface area contributed by atoms with Crippen LogP contribution in [-0.2, 0) is 11.2 Å². The van der Waals surface area contributed by atoms with E-state index in [-0.39, 0.29) is 23.8 Å². The van der Waals surface area contributed by atoms with Gasteiger partial charge < -0.3 is 15.3 Å². The molecule has 0 atom stereocenters. The van der Waals surface area contributed by atoms with Gasteiger partial charge in [-0.1, -0.05) is 20.8 Å². The SMILES string of the molecule is CCC(=O)N1CCc2cc(C(=O)NCCCC(C)(C)CO)ccc21. The van der Waals surface area contributed by atoms with Crippen LogP contribution in [0.15, 0.2) is 18.2 Å². The normalized spacial score (nSPS) is 13.8. The van der Waals surface area contributed by atoms with Gasteiger partial charge in [0.05, 0.1) is 0 Å². The molecule has 24 heavy (non-hydrogen) atoms. The molecule has 0 spiro atoms. The van der Waals surface area contributed by atoms with Gasteiger partial charge in [-0.05, 0) is 48.4 Å². The van der Waals surface area contributed by atoms with Crippen LogP contribution in [0, 0.1) is 5.41 Å². The number of anilines is 1. The fourth-order valence-electron chi connectivity index (χ4n) is 2.94. The summed E-state index contributed by atoms with van der Waals surface area (Å²) in [6.07, 6.45) is 2.99. The van der Waals surface area contributed by atoms with E-state index in [9.17, 15) is 14.7 Å². The van der Waals surface area contributed by atoms with Crippen molar-refractivity contribution in [2.24, 2.45) is 5.41 Å². The standard InChI is InChI=1S/C19H28N2O3/c1-4-17(23)21-11-8-14-12-15(6-7-16(14)21)18(24)20-10-5-9-19(2,3)13-22/h6-7,12,22H,4-5,8-11,13H2,1-3H3,(H,20,24). The zero-order valence-corrected chi connectivity index (χ0v) is 14.9. The first kappa shape index (κ1) is 18.5. The van der Waals surface area contributed by atoms with Crippen LogP contribution in [0.1, 0.15) is 56.0 Å². The number of amides is 2. The molecule has 2 N–H and O–H groups in total. The number of aliphatic hydroxyl groups is 1. The first-order valence-corrected chi connectivity index (χ1v) is 8.70. The smallest absolute Gasteiger partial charge is 0.251 e. The Morgan fingerprint density at radius 2 is 2.08 bits per heavy atom. The molecular weight excluding hydrogens is 304 g/mol. The van der Waals surface area contributed by atoms with Crippen molar-refractivity contribution in [3.05, 3.63) is 29.3 Å². The van der Waals surface area contributed by atoms with E-state index in [1.807, 2.05) is 32.9 Å². The molecule has 0 aromatic heterocycles. The molecule has 1 aromatic rings. The van der Waals surface area contributed by atoms with Gasteiger partial charge in [0.15, 0.2) is 0 Å². The summed E-state index contributed by atoms with van der Waals surface area (Å²) >= 11 is 0. The summed E-state index contributed by atoms with van der Waals surface area (Å²) in [5.74, 6) is 0.0392. The third-order valence-electron chi connectivity index (χ3n) is 4.58. The summed E-state index contributed by atoms with van der Waals surface area (Å²) in [5.41, 5.74) is 2.53. The van der Waals surface area contributed by atoms with Gasteiger partial charge in [0.1, 0.15) is 0 Å². The third-order valence-corrected chi connectivity index (χ3v) is 4.58. The maximum absolute atomic E-state index is 12.3. The highest BCUT2D eigenvalue weighted by Gasteiger charge is 2.24. The molecule has 0 bridgehead atoms. The van der Waals surface area contributed by atoms with Gasteiger partial charge in [-0.3, -0.25) is 9.59 Å². The number of carbonyl (C=O) groups excluding carboxylic acids is 2. The number of carbonyl (C=O) groups is 2. The fourth-order valence-corrected chi connectivity index (χ4v) is 2.94. The van der Waals surface area contributed by atoms with Gasteiger partial charge in [-0.25, -0.2) is 0 Å². The molecule has 5 nitrogen and oxygen atoms in total. The molecule has 2 amide bonds. The molecule has 1 aromatic carbocycles. The number of hydrogen-bond acceptors (Lipinski definition) is 3. The average molecular weight is 332 g/mol. The van der Waals surface area contributed by atoms with Crippen molar-refractivity contribution in [3.63, 3.8) is 0 Å². The van der Waals surface area contributed by atoms with Gasteiger partial charge in [-0.15, -0.1) is 0 Å². The quantitative estimate of drug-likeness (QED) is 0.754. The van der Waals surface area contributed by atoms with Crippen LogP contribution in [0.2, 0.25) is 0 Å². The van der Waals surface area contributed by atoms with Crippen molar-refractivity contribution in [2.45, 2.75) is 46.5 Å². The molecule has 5 heteroatoms. The van der Waals surface area contributed by atoms with Crippen LogP contribution in [0.3, 0.4) is 0 Å². The lowest BCUT2D eigenvalue weighted by Gasteiger charge is -2.21. The number of nitrogens with one attached hydrogen (secondary N) is 1. The fraction of sp³-hybridized carbons (Fsp3) is 0.579. The van der Waals surface area contributed by atoms with E-state index in [0.717, 1.165) is 30.5 Å². The molecule has 1 heterocycles. The molecular formula is C19H28N2O3. The molecule has 0 saturated carbocycles. The van der Waals surface area contributed by atoms with E-state index in [1.54, 1.807) is 11.0 Å². The van der Waals surface area contributed by atoms with Crippen LogP contribution < -0.4 is 10.2 Å². The van der Waals surface area contributed by atoms with Crippen molar-refractivity contribution in [3.8, 4) is 0 Å². The summed E-state index contributed by atoms with van der Waals surface area (Å²) in [6, 6.07) is 5.55. The van der Waals surface area contributed by atoms with E-state index in [2.05, 4.69) is 5.32 Å². The Morgan fingerprint density at radius 3 is 2.75 bits per heavy atom. The predicted octanol–water partition coefficient (Wildman–Crippen LogP) is 2.51. The van der Waals surface area contributed by atoms with Crippen LogP contribution in [0.25, 0.3) is 0 Å². The topological polar surface area (TPSA) is 69.6 Å². The first-order valence-electron chi connectivity index (χ1n) is 8.70. The number of benzene rings is 1. The van der Waals surface area contributed by atoms with Crippen molar-refractivity contribution >= 4 is 17.5 Å². The van der Waals surface area contributed by atoms with Crippen molar-refractivity contribution in [2.75, 3.05) is 24.6 Å². The highest BCUT2D eigenvalue weighted by atomic mass is 16.3. The Kier molecular flexibility index (Phi) is 5.99. The lowest BCUT2D eigenvalue weighted by molar-refractivity contribution is -0.118. The zero-order valence-electron chi connectivity index (χ0n) is 14.9. The van der Waals surface area contributed by atoms with Gasteiger partial charge in [0, 0.05) is 37.4 Å². The Balaban J connectivity index is 1.92. The maximum atomic E-state index is 12.3. The van der Waals surface area contributed by atoms with E-state index >= 15 is 0 Å². The minimum Gasteiger partial charge on any atom is -0.396 e. The van der Waals surface area contributed by atoms with Crippen LogP contribution >= 0.6 is 0 Å². The minimum atomic E-state index is -0.104. The van der Waals surface area contributed by atoms with Crippen LogP contribution in [-0.4, -0.2) is 36.6 Å². The minimum absolute atomic E-state index is 0.0835. The Labute approximate surface area is 144 Å². The maximum Gasteiger partial charge on any atom is 0.251 e. The third kappa shape index (κ3) is 4.35. The first-order chi connectivity index (χ1) is 11.4. The molecule has 0 aliphatic carbocycles. The van der Waals surface area contributed by atoms with E-state index in [1.165, 1.54) is 0 Å². The number of rotatable bonds is 7. The summed E-state index contributed by atoms with van der Waals surface area (Å²) < 4.78 is 0. The van der Waals surface area contributed by atoms with Crippen molar-refractivity contribution in [1.29, 1.82) is 0 Å². The zero-order chi connectivity index (χ0) is 17.7. The molecule has 2 rings (SSSR count). The van der Waals surface area contributed by atoms with Crippen molar-refractivity contribution < 1.29 is 14.7 Å². The monoisotopic (exact) mass is 332 g/mol. The van der Waals surface area contributed by atoms with Crippen LogP contribution in [0.5, 0.6) is 0 Å². The Hall–Kier alpha value is -1.88. The van der Waals surface area contributed by atoms with Gasteiger partial charge >= 0.3 is 0 Å². The van der Waals surface area contributed by atoms with Crippen molar-refractivity contribution in [1.82, 2.24) is 5.32 Å². The second kappa shape index (κ2) is 7.79. The lowest BCUT2D eigenvalue weighted by atomic mass is 9.89. The summed E-state index contributed by atoms with van der Waals surface area (Å²) in [6.45, 7) is 7.33. The van der Waals surface area contributed by atoms with Gasteiger partial charge in [0.2, 0.25) is 5.91 Å². The summed E-state index contributed by atoms with van der Waals surface area (Å²) in [4.78, 5) is 26.0. The van der Waals surface area contributed by atoms with E-state index < -0.39 is 0 Å². The second-order valence-electron chi connectivity index (χ2n) is 7.17. The second-order valence-corrected chi connectivity index (χ2v) is 7.17. The molecule has 1 aliphatic rings.